The number of nitrogens with zero attached hydrogens (tertiary/aromatic N) is 1. The summed E-state index contributed by atoms with van der Waals surface area (Å²) in [5, 5.41) is 10.7. The number of non-ortho nitro benzene ring substituents is 1. The third kappa shape index (κ3) is 35.1. The zero-order valence-electron chi connectivity index (χ0n) is 32.6. The smallest absolute Gasteiger partial charge is 0.269 e. The van der Waals surface area contributed by atoms with Crippen LogP contribution in [0.1, 0.15) is 110 Å². The zero-order valence-corrected chi connectivity index (χ0v) is 32.6. The Bertz CT molecular complexity index is 862. The molecule has 0 radical (unpaired) electrons. The van der Waals surface area contributed by atoms with Gasteiger partial charge in [0.05, 0.1) is 104 Å². The minimum Gasteiger partial charge on any atom is -0.491 e. The summed E-state index contributed by atoms with van der Waals surface area (Å²) in [6, 6.07) is 5.94. The fraction of sp³-hybridized carbons (Fsp3) is 0.850. The van der Waals surface area contributed by atoms with Crippen molar-refractivity contribution in [1.29, 1.82) is 0 Å². The summed E-state index contributed by atoms with van der Waals surface area (Å²) in [4.78, 5) is 10.2. The molecule has 0 atom stereocenters. The predicted molar refractivity (Wildman–Crippen MR) is 205 cm³/mol. The van der Waals surface area contributed by atoms with Gasteiger partial charge in [0.2, 0.25) is 0 Å². The fourth-order valence-corrected chi connectivity index (χ4v) is 5.28. The molecule has 304 valence electrons. The molecule has 1 rings (SSSR count). The molecule has 0 aliphatic carbocycles. The quantitative estimate of drug-likeness (QED) is 0.0364. The van der Waals surface area contributed by atoms with Gasteiger partial charge < -0.3 is 42.6 Å². The Morgan fingerprint density at radius 1 is 0.385 bits per heavy atom. The summed E-state index contributed by atoms with van der Waals surface area (Å²) in [7, 11) is 0. The van der Waals surface area contributed by atoms with E-state index in [1.54, 1.807) is 12.1 Å². The van der Waals surface area contributed by atoms with Crippen LogP contribution < -0.4 is 4.74 Å². The van der Waals surface area contributed by atoms with Gasteiger partial charge in [0.1, 0.15) is 12.4 Å². The maximum Gasteiger partial charge on any atom is 0.269 e. The summed E-state index contributed by atoms with van der Waals surface area (Å²) < 4.78 is 49.7. The molecule has 52 heavy (non-hydrogen) atoms. The van der Waals surface area contributed by atoms with Gasteiger partial charge in [0.15, 0.2) is 0 Å². The number of nitro benzene ring substituents is 1. The molecular weight excluding hydrogens is 670 g/mol. The van der Waals surface area contributed by atoms with Crippen molar-refractivity contribution in [3.05, 3.63) is 34.4 Å². The van der Waals surface area contributed by atoms with E-state index in [9.17, 15) is 10.1 Å². The topological polar surface area (TPSA) is 126 Å². The van der Waals surface area contributed by atoms with Gasteiger partial charge in [-0.05, 0) is 18.6 Å². The number of ether oxygens (including phenoxy) is 9. The molecule has 1 aromatic carbocycles. The summed E-state index contributed by atoms with van der Waals surface area (Å²) in [6.45, 7) is 11.2. The predicted octanol–water partition coefficient (Wildman–Crippen LogP) is 8.37. The van der Waals surface area contributed by atoms with Crippen LogP contribution in [0.15, 0.2) is 24.3 Å². The normalized spacial score (nSPS) is 11.4. The Kier molecular flexibility index (Phi) is 37.3. The molecular formula is C40H73NO11. The molecule has 1 aromatic rings. The molecule has 0 spiro atoms. The highest BCUT2D eigenvalue weighted by molar-refractivity contribution is 5.35. The van der Waals surface area contributed by atoms with E-state index >= 15 is 0 Å². The van der Waals surface area contributed by atoms with Gasteiger partial charge in [0, 0.05) is 18.7 Å². The van der Waals surface area contributed by atoms with Crippen LogP contribution in [0.2, 0.25) is 0 Å². The second-order valence-electron chi connectivity index (χ2n) is 12.8. The SMILES string of the molecule is CCCCCCCCCCCCCCCCCCOCCOCCOCCOCCOCCOCCOCCOCCOc1ccc([N+](=O)[O-])cc1. The van der Waals surface area contributed by atoms with Crippen molar-refractivity contribution in [2.45, 2.75) is 110 Å². The van der Waals surface area contributed by atoms with Crippen LogP contribution in [0.3, 0.4) is 0 Å². The highest BCUT2D eigenvalue weighted by atomic mass is 16.6. The Morgan fingerprint density at radius 3 is 0.962 bits per heavy atom. The van der Waals surface area contributed by atoms with Crippen LogP contribution in [0, 0.1) is 10.1 Å². The number of benzene rings is 1. The lowest BCUT2D eigenvalue weighted by atomic mass is 10.0. The first-order valence-electron chi connectivity index (χ1n) is 20.2. The lowest BCUT2D eigenvalue weighted by molar-refractivity contribution is -0.384. The molecule has 0 aromatic heterocycles. The molecule has 0 aliphatic rings. The Hall–Kier alpha value is -1.90. The molecule has 0 fully saturated rings. The van der Waals surface area contributed by atoms with Crippen molar-refractivity contribution in [2.75, 3.05) is 112 Å². The maximum absolute atomic E-state index is 10.7. The number of hydrogen-bond donors (Lipinski definition) is 0. The van der Waals surface area contributed by atoms with Gasteiger partial charge in [-0.2, -0.15) is 0 Å². The standard InChI is InChI=1S/C40H73NO11/c1-2-3-4-5-6-7-8-9-10-11-12-13-14-15-16-17-22-44-23-24-45-25-26-46-27-28-47-29-30-48-31-32-49-33-34-50-35-36-51-37-38-52-40-20-18-39(19-21-40)41(42)43/h18-21H,2-17,22-38H2,1H3. The molecule has 0 unspecified atom stereocenters. The number of nitro groups is 1. The number of hydrogen-bond acceptors (Lipinski definition) is 11. The van der Waals surface area contributed by atoms with Crippen LogP contribution in [0.4, 0.5) is 5.69 Å². The van der Waals surface area contributed by atoms with E-state index in [0.717, 1.165) is 13.0 Å². The lowest BCUT2D eigenvalue weighted by Gasteiger charge is -2.09. The van der Waals surface area contributed by atoms with Crippen molar-refractivity contribution in [3.63, 3.8) is 0 Å². The van der Waals surface area contributed by atoms with Crippen LogP contribution >= 0.6 is 0 Å². The van der Waals surface area contributed by atoms with Crippen molar-refractivity contribution in [2.24, 2.45) is 0 Å². The average Bonchev–Trinajstić information content (AvgIpc) is 3.15. The lowest BCUT2D eigenvalue weighted by Crippen LogP contribution is -2.15. The van der Waals surface area contributed by atoms with Crippen molar-refractivity contribution in [1.82, 2.24) is 0 Å². The molecule has 12 heteroatoms. The summed E-state index contributed by atoms with van der Waals surface area (Å²) in [5.74, 6) is 0.563. The molecule has 0 saturated heterocycles. The van der Waals surface area contributed by atoms with Gasteiger partial charge >= 0.3 is 0 Å². The van der Waals surface area contributed by atoms with E-state index in [1.807, 2.05) is 0 Å². The second kappa shape index (κ2) is 40.3. The Labute approximate surface area is 315 Å². The van der Waals surface area contributed by atoms with E-state index < -0.39 is 4.92 Å². The maximum atomic E-state index is 10.7. The molecule has 0 bridgehead atoms. The van der Waals surface area contributed by atoms with E-state index in [-0.39, 0.29) is 5.69 Å². The van der Waals surface area contributed by atoms with Gasteiger partial charge in [-0.25, -0.2) is 0 Å². The molecule has 0 aliphatic heterocycles. The second-order valence-corrected chi connectivity index (χ2v) is 12.8. The number of unbranched alkanes of at least 4 members (excludes halogenated alkanes) is 15. The zero-order chi connectivity index (χ0) is 37.3. The molecule has 0 amide bonds. The fourth-order valence-electron chi connectivity index (χ4n) is 5.28. The summed E-state index contributed by atoms with van der Waals surface area (Å²) in [6.07, 6.45) is 22.1. The molecule has 0 heterocycles. The minimum atomic E-state index is -0.445. The van der Waals surface area contributed by atoms with Crippen LogP contribution in [-0.2, 0) is 37.9 Å². The largest absolute Gasteiger partial charge is 0.491 e. The van der Waals surface area contributed by atoms with Crippen molar-refractivity contribution in [3.8, 4) is 5.75 Å². The summed E-state index contributed by atoms with van der Waals surface area (Å²) in [5.41, 5.74) is 0.0315. The van der Waals surface area contributed by atoms with Crippen LogP contribution in [0.5, 0.6) is 5.75 Å². The molecule has 12 nitrogen and oxygen atoms in total. The van der Waals surface area contributed by atoms with E-state index in [4.69, 9.17) is 42.6 Å². The van der Waals surface area contributed by atoms with Gasteiger partial charge in [-0.15, -0.1) is 0 Å². The van der Waals surface area contributed by atoms with E-state index in [2.05, 4.69) is 6.92 Å². The van der Waals surface area contributed by atoms with Crippen LogP contribution in [-0.4, -0.2) is 117 Å². The highest BCUT2D eigenvalue weighted by Gasteiger charge is 2.04. The first-order valence-corrected chi connectivity index (χ1v) is 20.2. The first kappa shape index (κ1) is 48.1. The third-order valence-electron chi connectivity index (χ3n) is 8.29. The van der Waals surface area contributed by atoms with E-state index in [1.165, 1.54) is 108 Å². The average molecular weight is 744 g/mol. The summed E-state index contributed by atoms with van der Waals surface area (Å²) >= 11 is 0. The Morgan fingerprint density at radius 2 is 0.654 bits per heavy atom. The van der Waals surface area contributed by atoms with Crippen molar-refractivity contribution >= 4 is 5.69 Å². The number of rotatable bonds is 43. The highest BCUT2D eigenvalue weighted by Crippen LogP contribution is 2.17. The van der Waals surface area contributed by atoms with Gasteiger partial charge in [-0.3, -0.25) is 10.1 Å². The molecule has 0 saturated carbocycles. The monoisotopic (exact) mass is 744 g/mol. The third-order valence-corrected chi connectivity index (χ3v) is 8.29. The van der Waals surface area contributed by atoms with Crippen molar-refractivity contribution < 1.29 is 47.6 Å². The first-order chi connectivity index (χ1) is 25.7. The van der Waals surface area contributed by atoms with E-state index in [0.29, 0.717) is 111 Å². The van der Waals surface area contributed by atoms with Crippen LogP contribution in [0.25, 0.3) is 0 Å². The van der Waals surface area contributed by atoms with Gasteiger partial charge in [-0.1, -0.05) is 103 Å². The van der Waals surface area contributed by atoms with Gasteiger partial charge in [0.25, 0.3) is 5.69 Å². The minimum absolute atomic E-state index is 0.0315. The molecule has 0 N–H and O–H groups in total. The Balaban J connectivity index is 1.63.